The third kappa shape index (κ3) is 2.80. The lowest BCUT2D eigenvalue weighted by molar-refractivity contribution is 0.113. The number of rotatable bonds is 3. The van der Waals surface area contributed by atoms with Gasteiger partial charge in [0.2, 0.25) is 0 Å². The number of nitrogens with one attached hydrogen (secondary N) is 1. The van der Waals surface area contributed by atoms with E-state index in [-0.39, 0.29) is 6.10 Å². The van der Waals surface area contributed by atoms with E-state index in [0.29, 0.717) is 12.0 Å². The second-order valence-corrected chi connectivity index (χ2v) is 3.90. The first-order valence-electron chi connectivity index (χ1n) is 4.61. The third-order valence-corrected chi connectivity index (χ3v) is 2.28. The van der Waals surface area contributed by atoms with Gasteiger partial charge in [-0.25, -0.2) is 0 Å². The van der Waals surface area contributed by atoms with Gasteiger partial charge in [-0.05, 0) is 31.7 Å². The molecule has 0 amide bonds. The number of aliphatic hydroxyl groups is 1. The Morgan fingerprint density at radius 1 is 1.55 bits per heavy atom. The van der Waals surface area contributed by atoms with E-state index in [1.54, 1.807) is 0 Å². The van der Waals surface area contributed by atoms with Gasteiger partial charge in [-0.2, -0.15) is 0 Å². The van der Waals surface area contributed by atoms with Crippen molar-refractivity contribution in [2.75, 3.05) is 6.54 Å². The van der Waals surface area contributed by atoms with Crippen molar-refractivity contribution in [1.29, 1.82) is 0 Å². The second kappa shape index (κ2) is 4.07. The molecule has 1 aliphatic heterocycles. The maximum absolute atomic E-state index is 9.66. The Morgan fingerprint density at radius 3 is 2.73 bits per heavy atom. The molecule has 2 N–H and O–H groups in total. The summed E-state index contributed by atoms with van der Waals surface area (Å²) < 4.78 is 0. The molecule has 0 aromatic carbocycles. The average Bonchev–Trinajstić information content (AvgIpc) is 2.35. The minimum absolute atomic E-state index is 0.127. The Kier molecular flexibility index (Phi) is 3.34. The molecule has 0 saturated carbocycles. The fraction of sp³-hybridized carbons (Fsp3) is 1.00. The van der Waals surface area contributed by atoms with Gasteiger partial charge in [0, 0.05) is 6.04 Å². The highest BCUT2D eigenvalue weighted by Crippen LogP contribution is 2.15. The van der Waals surface area contributed by atoms with Crippen molar-refractivity contribution in [1.82, 2.24) is 5.32 Å². The van der Waals surface area contributed by atoms with Crippen LogP contribution in [0, 0.1) is 5.92 Å². The molecule has 2 heteroatoms. The molecule has 0 spiro atoms. The summed E-state index contributed by atoms with van der Waals surface area (Å²) in [4.78, 5) is 0. The first kappa shape index (κ1) is 9.01. The van der Waals surface area contributed by atoms with Gasteiger partial charge in [0.05, 0.1) is 6.10 Å². The van der Waals surface area contributed by atoms with Crippen molar-refractivity contribution in [3.8, 4) is 0 Å². The summed E-state index contributed by atoms with van der Waals surface area (Å²) in [5.41, 5.74) is 0. The van der Waals surface area contributed by atoms with Crippen LogP contribution in [0.2, 0.25) is 0 Å². The minimum atomic E-state index is -0.127. The molecule has 11 heavy (non-hydrogen) atoms. The van der Waals surface area contributed by atoms with Crippen LogP contribution in [0.1, 0.15) is 33.1 Å². The van der Waals surface area contributed by atoms with Gasteiger partial charge in [0.1, 0.15) is 0 Å². The van der Waals surface area contributed by atoms with Crippen molar-refractivity contribution >= 4 is 0 Å². The topological polar surface area (TPSA) is 32.3 Å². The zero-order chi connectivity index (χ0) is 8.27. The summed E-state index contributed by atoms with van der Waals surface area (Å²) in [6, 6.07) is 0.373. The summed E-state index contributed by atoms with van der Waals surface area (Å²) in [5.74, 6) is 0.604. The van der Waals surface area contributed by atoms with Crippen LogP contribution in [-0.2, 0) is 0 Å². The minimum Gasteiger partial charge on any atom is -0.391 e. The molecule has 0 aliphatic carbocycles. The highest BCUT2D eigenvalue weighted by molar-refractivity contribution is 4.81. The van der Waals surface area contributed by atoms with Gasteiger partial charge in [0.15, 0.2) is 0 Å². The molecule has 1 saturated heterocycles. The van der Waals surface area contributed by atoms with Gasteiger partial charge in [-0.1, -0.05) is 13.8 Å². The SMILES string of the molecule is CC(C)CC(O)[C@H]1CCCN1. The lowest BCUT2D eigenvalue weighted by Crippen LogP contribution is -2.35. The van der Waals surface area contributed by atoms with E-state index in [1.807, 2.05) is 0 Å². The number of hydrogen-bond acceptors (Lipinski definition) is 2. The van der Waals surface area contributed by atoms with Gasteiger partial charge in [-0.3, -0.25) is 0 Å². The zero-order valence-corrected chi connectivity index (χ0v) is 7.51. The van der Waals surface area contributed by atoms with Crippen LogP contribution in [0.5, 0.6) is 0 Å². The molecule has 2 nitrogen and oxygen atoms in total. The summed E-state index contributed by atoms with van der Waals surface area (Å²) in [6.45, 7) is 5.39. The largest absolute Gasteiger partial charge is 0.391 e. The molecule has 2 atom stereocenters. The molecule has 0 bridgehead atoms. The van der Waals surface area contributed by atoms with Crippen molar-refractivity contribution in [3.05, 3.63) is 0 Å². The van der Waals surface area contributed by atoms with Crippen LogP contribution in [0.25, 0.3) is 0 Å². The van der Waals surface area contributed by atoms with Crippen molar-refractivity contribution < 1.29 is 5.11 Å². The summed E-state index contributed by atoms with van der Waals surface area (Å²) >= 11 is 0. The second-order valence-electron chi connectivity index (χ2n) is 3.90. The van der Waals surface area contributed by atoms with E-state index >= 15 is 0 Å². The molecule has 1 unspecified atom stereocenters. The summed E-state index contributed by atoms with van der Waals surface area (Å²) in [5, 5.41) is 13.0. The Bertz CT molecular complexity index is 108. The molecule has 1 rings (SSSR count). The average molecular weight is 157 g/mol. The molecule has 1 heterocycles. The Hall–Kier alpha value is -0.0800. The third-order valence-electron chi connectivity index (χ3n) is 2.28. The van der Waals surface area contributed by atoms with E-state index in [2.05, 4.69) is 19.2 Å². The first-order chi connectivity index (χ1) is 5.20. The quantitative estimate of drug-likeness (QED) is 0.644. The van der Waals surface area contributed by atoms with E-state index in [9.17, 15) is 5.11 Å². The van der Waals surface area contributed by atoms with Crippen molar-refractivity contribution in [2.45, 2.75) is 45.3 Å². The number of aliphatic hydroxyl groups excluding tert-OH is 1. The van der Waals surface area contributed by atoms with Crippen molar-refractivity contribution in [3.63, 3.8) is 0 Å². The van der Waals surface area contributed by atoms with Gasteiger partial charge in [0.25, 0.3) is 0 Å². The summed E-state index contributed by atoms with van der Waals surface area (Å²) in [7, 11) is 0. The number of hydrogen-bond donors (Lipinski definition) is 2. The molecular weight excluding hydrogens is 138 g/mol. The molecular formula is C9H19NO. The van der Waals surface area contributed by atoms with E-state index in [1.165, 1.54) is 6.42 Å². The molecule has 0 aromatic heterocycles. The van der Waals surface area contributed by atoms with E-state index < -0.39 is 0 Å². The first-order valence-corrected chi connectivity index (χ1v) is 4.61. The monoisotopic (exact) mass is 157 g/mol. The predicted octanol–water partition coefficient (Wildman–Crippen LogP) is 1.15. The molecule has 1 fully saturated rings. The van der Waals surface area contributed by atoms with Crippen LogP contribution in [0.4, 0.5) is 0 Å². The van der Waals surface area contributed by atoms with Gasteiger partial charge < -0.3 is 10.4 Å². The van der Waals surface area contributed by atoms with Crippen LogP contribution >= 0.6 is 0 Å². The zero-order valence-electron chi connectivity index (χ0n) is 7.51. The lowest BCUT2D eigenvalue weighted by Gasteiger charge is -2.19. The fourth-order valence-corrected chi connectivity index (χ4v) is 1.69. The normalized spacial score (nSPS) is 27.8. The van der Waals surface area contributed by atoms with Crippen LogP contribution in [0.15, 0.2) is 0 Å². The molecule has 1 aliphatic rings. The van der Waals surface area contributed by atoms with Crippen LogP contribution in [-0.4, -0.2) is 23.8 Å². The lowest BCUT2D eigenvalue weighted by atomic mass is 9.99. The predicted molar refractivity (Wildman–Crippen MR) is 46.5 cm³/mol. The van der Waals surface area contributed by atoms with Crippen LogP contribution < -0.4 is 5.32 Å². The standard InChI is InChI=1S/C9H19NO/c1-7(2)6-9(11)8-4-3-5-10-8/h7-11H,3-6H2,1-2H3/t8-,9?/m1/s1. The maximum Gasteiger partial charge on any atom is 0.0695 e. The summed E-state index contributed by atoms with van der Waals surface area (Å²) in [6.07, 6.45) is 3.17. The van der Waals surface area contributed by atoms with E-state index in [4.69, 9.17) is 0 Å². The van der Waals surface area contributed by atoms with Gasteiger partial charge >= 0.3 is 0 Å². The molecule has 0 radical (unpaired) electrons. The van der Waals surface area contributed by atoms with Gasteiger partial charge in [-0.15, -0.1) is 0 Å². The molecule has 66 valence electrons. The Labute approximate surface area is 69.0 Å². The Balaban J connectivity index is 2.22. The fourth-order valence-electron chi connectivity index (χ4n) is 1.69. The highest BCUT2D eigenvalue weighted by Gasteiger charge is 2.22. The Morgan fingerprint density at radius 2 is 2.27 bits per heavy atom. The van der Waals surface area contributed by atoms with Crippen LogP contribution in [0.3, 0.4) is 0 Å². The van der Waals surface area contributed by atoms with E-state index in [0.717, 1.165) is 19.4 Å². The van der Waals surface area contributed by atoms with Crippen molar-refractivity contribution in [2.24, 2.45) is 5.92 Å². The maximum atomic E-state index is 9.66. The molecule has 0 aromatic rings. The highest BCUT2D eigenvalue weighted by atomic mass is 16.3. The smallest absolute Gasteiger partial charge is 0.0695 e.